The van der Waals surface area contributed by atoms with Crippen molar-refractivity contribution in [2.75, 3.05) is 0 Å². The van der Waals surface area contributed by atoms with Gasteiger partial charge in [-0.2, -0.15) is 0 Å². The zero-order chi connectivity index (χ0) is 41.4. The molecule has 0 N–H and O–H groups in total. The fraction of sp³-hybridized carbons (Fsp3) is 0. The van der Waals surface area contributed by atoms with E-state index in [2.05, 4.69) is 185 Å². The van der Waals surface area contributed by atoms with Gasteiger partial charge < -0.3 is 9.13 Å². The Balaban J connectivity index is 1.10. The molecule has 0 aliphatic carbocycles. The van der Waals surface area contributed by atoms with E-state index in [1.54, 1.807) is 11.3 Å². The van der Waals surface area contributed by atoms with Gasteiger partial charge in [0, 0.05) is 69.7 Å². The van der Waals surface area contributed by atoms with Crippen LogP contribution in [-0.2, 0) is 0 Å². The predicted molar refractivity (Wildman–Crippen MR) is 263 cm³/mol. The smallest absolute Gasteiger partial charge is 0.165 e. The van der Waals surface area contributed by atoms with Crippen molar-refractivity contribution >= 4 is 75.1 Å². The van der Waals surface area contributed by atoms with Crippen LogP contribution in [0.4, 0.5) is 0 Å². The standard InChI is InChI=1S/C57H35N5S/c1-4-18-36(19-5-1)55-58-56(37-20-6-2-7-21-37)60-57(59-55)47-33-38(32-46-43-27-13-17-31-53(43)63-54(46)47)40-24-10-14-28-48(40)62-50-30-16-12-26-42(50)45-34-44-41-25-11-15-29-49(41)61(51(44)35-52(45)62)39-22-8-3-9-23-39/h1-35H. The third kappa shape index (κ3) is 5.66. The van der Waals surface area contributed by atoms with Gasteiger partial charge in [0.15, 0.2) is 17.5 Å². The van der Waals surface area contributed by atoms with Crippen molar-refractivity contribution in [3.8, 4) is 56.7 Å². The van der Waals surface area contributed by atoms with E-state index in [-0.39, 0.29) is 0 Å². The third-order valence-electron chi connectivity index (χ3n) is 12.4. The van der Waals surface area contributed by atoms with Crippen LogP contribution in [0.25, 0.3) is 120 Å². The lowest BCUT2D eigenvalue weighted by atomic mass is 9.97. The second kappa shape index (κ2) is 14.2. The minimum absolute atomic E-state index is 0.643. The van der Waals surface area contributed by atoms with E-state index >= 15 is 0 Å². The van der Waals surface area contributed by atoms with Crippen LogP contribution in [0.5, 0.6) is 0 Å². The summed E-state index contributed by atoms with van der Waals surface area (Å²) in [5.41, 5.74) is 12.0. The molecule has 0 saturated carbocycles. The van der Waals surface area contributed by atoms with Gasteiger partial charge in [-0.3, -0.25) is 0 Å². The van der Waals surface area contributed by atoms with Gasteiger partial charge in [0.2, 0.25) is 0 Å². The van der Waals surface area contributed by atoms with Gasteiger partial charge in [-0.05, 0) is 66.2 Å². The van der Waals surface area contributed by atoms with E-state index in [1.807, 2.05) is 36.4 Å². The zero-order valence-electron chi connectivity index (χ0n) is 33.9. The van der Waals surface area contributed by atoms with Crippen LogP contribution in [0.3, 0.4) is 0 Å². The molecule has 0 saturated heterocycles. The normalized spacial score (nSPS) is 11.8. The minimum Gasteiger partial charge on any atom is -0.309 e. The van der Waals surface area contributed by atoms with Crippen molar-refractivity contribution in [3.63, 3.8) is 0 Å². The maximum Gasteiger partial charge on any atom is 0.165 e. The molecule has 0 atom stereocenters. The number of fused-ring (bicyclic) bond motifs is 9. The van der Waals surface area contributed by atoms with Crippen LogP contribution in [0.15, 0.2) is 212 Å². The summed E-state index contributed by atoms with van der Waals surface area (Å²) in [4.78, 5) is 15.6. The first-order chi connectivity index (χ1) is 31.2. The molecule has 0 aliphatic heterocycles. The van der Waals surface area contributed by atoms with Crippen molar-refractivity contribution in [1.29, 1.82) is 0 Å². The molecule has 0 spiro atoms. The number of benzene rings is 9. The summed E-state index contributed by atoms with van der Waals surface area (Å²) in [6.45, 7) is 0. The maximum absolute atomic E-state index is 5.27. The van der Waals surface area contributed by atoms with Crippen molar-refractivity contribution < 1.29 is 0 Å². The lowest BCUT2D eigenvalue weighted by molar-refractivity contribution is 1.08. The van der Waals surface area contributed by atoms with Crippen molar-refractivity contribution in [1.82, 2.24) is 24.1 Å². The van der Waals surface area contributed by atoms with Crippen molar-refractivity contribution in [2.24, 2.45) is 0 Å². The fourth-order valence-corrected chi connectivity index (χ4v) is 10.7. The summed E-state index contributed by atoms with van der Waals surface area (Å²) in [7, 11) is 0. The summed E-state index contributed by atoms with van der Waals surface area (Å²) in [5, 5.41) is 7.30. The Kier molecular flexibility index (Phi) is 8.01. The van der Waals surface area contributed by atoms with Crippen molar-refractivity contribution in [2.45, 2.75) is 0 Å². The summed E-state index contributed by atoms with van der Waals surface area (Å²) >= 11 is 1.79. The van der Waals surface area contributed by atoms with Crippen LogP contribution >= 0.6 is 11.3 Å². The van der Waals surface area contributed by atoms with Gasteiger partial charge in [-0.25, -0.2) is 15.0 Å². The molecular weight excluding hydrogens is 787 g/mol. The highest BCUT2D eigenvalue weighted by molar-refractivity contribution is 7.26. The molecule has 0 bridgehead atoms. The van der Waals surface area contributed by atoms with Gasteiger partial charge in [-0.1, -0.05) is 152 Å². The van der Waals surface area contributed by atoms with Crippen LogP contribution in [-0.4, -0.2) is 24.1 Å². The first-order valence-electron chi connectivity index (χ1n) is 21.2. The van der Waals surface area contributed by atoms with Gasteiger partial charge in [0.25, 0.3) is 0 Å². The number of para-hydroxylation sites is 4. The molecule has 6 heteroatoms. The Morgan fingerprint density at radius 3 is 1.52 bits per heavy atom. The summed E-state index contributed by atoms with van der Waals surface area (Å²) in [6.07, 6.45) is 0. The van der Waals surface area contributed by atoms with Crippen LogP contribution in [0.2, 0.25) is 0 Å². The molecule has 0 radical (unpaired) electrons. The molecule has 0 aliphatic rings. The number of rotatable bonds is 6. The van der Waals surface area contributed by atoms with E-state index in [0.29, 0.717) is 17.5 Å². The minimum atomic E-state index is 0.643. The molecule has 0 amide bonds. The average Bonchev–Trinajstić information content (AvgIpc) is 4.01. The first-order valence-corrected chi connectivity index (χ1v) is 22.0. The molecule has 13 aromatic rings. The number of hydrogen-bond acceptors (Lipinski definition) is 4. The summed E-state index contributed by atoms with van der Waals surface area (Å²) < 4.78 is 7.24. The van der Waals surface area contributed by atoms with E-state index in [9.17, 15) is 0 Å². The molecule has 4 heterocycles. The number of aromatic nitrogens is 5. The molecular formula is C57H35N5S. The molecule has 9 aromatic carbocycles. The lowest BCUT2D eigenvalue weighted by Crippen LogP contribution is -2.01. The highest BCUT2D eigenvalue weighted by Gasteiger charge is 2.23. The van der Waals surface area contributed by atoms with E-state index in [0.717, 1.165) is 54.9 Å². The first kappa shape index (κ1) is 35.6. The van der Waals surface area contributed by atoms with Crippen LogP contribution in [0, 0.1) is 0 Å². The quantitative estimate of drug-likeness (QED) is 0.168. The molecule has 0 fully saturated rings. The SMILES string of the molecule is c1ccc(-c2nc(-c3ccccc3)nc(-c3cc(-c4ccccc4-n4c5ccccc5c5cc6c7ccccc7n(-c7ccccc7)c6cc54)cc4c3sc3ccccc34)n2)cc1. The topological polar surface area (TPSA) is 48.5 Å². The number of nitrogens with zero attached hydrogens (tertiary/aromatic N) is 5. The summed E-state index contributed by atoms with van der Waals surface area (Å²) in [6, 6.07) is 75.7. The molecule has 5 nitrogen and oxygen atoms in total. The Morgan fingerprint density at radius 1 is 0.317 bits per heavy atom. The number of hydrogen-bond donors (Lipinski definition) is 0. The van der Waals surface area contributed by atoms with Gasteiger partial charge in [0.05, 0.1) is 27.8 Å². The van der Waals surface area contributed by atoms with Crippen LogP contribution in [0.1, 0.15) is 0 Å². The molecule has 63 heavy (non-hydrogen) atoms. The summed E-state index contributed by atoms with van der Waals surface area (Å²) in [5.74, 6) is 1.93. The third-order valence-corrected chi connectivity index (χ3v) is 13.6. The van der Waals surface area contributed by atoms with Crippen molar-refractivity contribution in [3.05, 3.63) is 212 Å². The second-order valence-electron chi connectivity index (χ2n) is 16.0. The predicted octanol–water partition coefficient (Wildman–Crippen LogP) is 15.1. The van der Waals surface area contributed by atoms with E-state index < -0.39 is 0 Å². The maximum atomic E-state index is 5.27. The fourth-order valence-electron chi connectivity index (χ4n) is 9.54. The lowest BCUT2D eigenvalue weighted by Gasteiger charge is -2.16. The Hall–Kier alpha value is -8.19. The van der Waals surface area contributed by atoms with Gasteiger partial charge in [-0.15, -0.1) is 11.3 Å². The van der Waals surface area contributed by atoms with Gasteiger partial charge >= 0.3 is 0 Å². The highest BCUT2D eigenvalue weighted by atomic mass is 32.1. The average molecular weight is 822 g/mol. The highest BCUT2D eigenvalue weighted by Crippen LogP contribution is 2.45. The Morgan fingerprint density at radius 2 is 0.841 bits per heavy atom. The zero-order valence-corrected chi connectivity index (χ0v) is 34.7. The number of thiophene rings is 1. The second-order valence-corrected chi connectivity index (χ2v) is 17.0. The van der Waals surface area contributed by atoms with Crippen LogP contribution < -0.4 is 0 Å². The Labute approximate surface area is 366 Å². The molecule has 4 aromatic heterocycles. The van der Waals surface area contributed by atoms with Gasteiger partial charge in [0.1, 0.15) is 0 Å². The Bertz CT molecular complexity index is 3850. The molecule has 13 rings (SSSR count). The van der Waals surface area contributed by atoms with E-state index in [1.165, 1.54) is 48.1 Å². The monoisotopic (exact) mass is 821 g/mol. The van der Waals surface area contributed by atoms with E-state index in [4.69, 9.17) is 15.0 Å². The molecule has 0 unspecified atom stereocenters. The molecule has 294 valence electrons. The largest absolute Gasteiger partial charge is 0.309 e.